The number of aryl methyl sites for hydroxylation is 1. The molecule has 0 amide bonds. The van der Waals surface area contributed by atoms with Crippen LogP contribution in [-0.2, 0) is 6.18 Å². The van der Waals surface area contributed by atoms with Gasteiger partial charge in [0.1, 0.15) is 17.3 Å². The van der Waals surface area contributed by atoms with Gasteiger partial charge in [0.25, 0.3) is 0 Å². The second-order valence-corrected chi connectivity index (χ2v) is 5.04. The SMILES string of the molecule is CNc1nc(=O)n(-c2ncccc2C)c2nc(C(F)(F)F)ccc12. The van der Waals surface area contributed by atoms with Crippen LogP contribution >= 0.6 is 0 Å². The molecule has 0 aliphatic rings. The summed E-state index contributed by atoms with van der Waals surface area (Å²) in [5.74, 6) is 0.343. The predicted molar refractivity (Wildman–Crippen MR) is 82.2 cm³/mol. The van der Waals surface area contributed by atoms with Gasteiger partial charge in [-0.05, 0) is 30.7 Å². The Morgan fingerprint density at radius 1 is 1.17 bits per heavy atom. The summed E-state index contributed by atoms with van der Waals surface area (Å²) < 4.78 is 40.0. The number of pyridine rings is 2. The summed E-state index contributed by atoms with van der Waals surface area (Å²) in [7, 11) is 1.52. The lowest BCUT2D eigenvalue weighted by Gasteiger charge is -2.14. The second kappa shape index (κ2) is 5.59. The van der Waals surface area contributed by atoms with Gasteiger partial charge in [0.05, 0.1) is 5.39 Å². The van der Waals surface area contributed by atoms with Crippen molar-refractivity contribution in [3.63, 3.8) is 0 Å². The number of aromatic nitrogens is 4. The average Bonchev–Trinajstić information content (AvgIpc) is 2.54. The number of alkyl halides is 3. The van der Waals surface area contributed by atoms with Crippen molar-refractivity contribution >= 4 is 16.9 Å². The first-order chi connectivity index (χ1) is 11.3. The van der Waals surface area contributed by atoms with Crippen LogP contribution in [0.5, 0.6) is 0 Å². The monoisotopic (exact) mass is 335 g/mol. The number of rotatable bonds is 2. The molecule has 0 saturated carbocycles. The minimum Gasteiger partial charge on any atom is -0.372 e. The molecule has 0 aromatic carbocycles. The van der Waals surface area contributed by atoms with Gasteiger partial charge in [-0.2, -0.15) is 18.2 Å². The van der Waals surface area contributed by atoms with Crippen LogP contribution in [0, 0.1) is 6.92 Å². The van der Waals surface area contributed by atoms with Gasteiger partial charge >= 0.3 is 11.9 Å². The van der Waals surface area contributed by atoms with Gasteiger partial charge in [0.2, 0.25) is 0 Å². The van der Waals surface area contributed by atoms with Gasteiger partial charge in [-0.15, -0.1) is 0 Å². The molecular weight excluding hydrogens is 323 g/mol. The van der Waals surface area contributed by atoms with Crippen LogP contribution in [-0.4, -0.2) is 26.6 Å². The fourth-order valence-corrected chi connectivity index (χ4v) is 2.35. The van der Waals surface area contributed by atoms with Crippen LogP contribution in [0.3, 0.4) is 0 Å². The predicted octanol–water partition coefficient (Wildman–Crippen LogP) is 2.54. The summed E-state index contributed by atoms with van der Waals surface area (Å²) in [6.45, 7) is 1.69. The summed E-state index contributed by atoms with van der Waals surface area (Å²) in [4.78, 5) is 24.0. The number of hydrogen-bond acceptors (Lipinski definition) is 5. The summed E-state index contributed by atoms with van der Waals surface area (Å²) in [5.41, 5.74) is -1.40. The lowest BCUT2D eigenvalue weighted by atomic mass is 10.2. The van der Waals surface area contributed by atoms with Crippen molar-refractivity contribution in [2.45, 2.75) is 13.1 Å². The number of hydrogen-bond donors (Lipinski definition) is 1. The largest absolute Gasteiger partial charge is 0.433 e. The average molecular weight is 335 g/mol. The maximum Gasteiger partial charge on any atom is 0.433 e. The number of nitrogens with zero attached hydrogens (tertiary/aromatic N) is 4. The van der Waals surface area contributed by atoms with E-state index in [1.54, 1.807) is 19.1 Å². The summed E-state index contributed by atoms with van der Waals surface area (Å²) in [5, 5.41) is 2.98. The van der Waals surface area contributed by atoms with E-state index in [1.807, 2.05) is 0 Å². The van der Waals surface area contributed by atoms with Crippen molar-refractivity contribution in [1.29, 1.82) is 0 Å². The Kier molecular flexibility index (Phi) is 3.70. The number of fused-ring (bicyclic) bond motifs is 1. The maximum absolute atomic E-state index is 13.0. The standard InChI is InChI=1S/C15H12F3N5O/c1-8-4-3-7-20-12(8)23-13-9(11(19-2)22-14(23)24)5-6-10(21-13)15(16,17)18/h3-7H,1-2H3,(H,19,22,24). The fraction of sp³-hybridized carbons (Fsp3) is 0.200. The quantitative estimate of drug-likeness (QED) is 0.779. The van der Waals surface area contributed by atoms with Gasteiger partial charge in [0.15, 0.2) is 5.65 Å². The summed E-state index contributed by atoms with van der Waals surface area (Å²) in [6.07, 6.45) is -3.18. The molecule has 3 heterocycles. The Balaban J connectivity index is 2.46. The van der Waals surface area contributed by atoms with Gasteiger partial charge in [-0.25, -0.2) is 19.3 Å². The molecule has 6 nitrogen and oxygen atoms in total. The zero-order valence-corrected chi connectivity index (χ0v) is 12.7. The van der Waals surface area contributed by atoms with E-state index in [2.05, 4.69) is 20.3 Å². The van der Waals surface area contributed by atoms with Gasteiger partial charge in [0, 0.05) is 13.2 Å². The molecule has 0 aliphatic heterocycles. The summed E-state index contributed by atoms with van der Waals surface area (Å²) >= 11 is 0. The number of anilines is 1. The Morgan fingerprint density at radius 3 is 2.54 bits per heavy atom. The van der Waals surface area contributed by atoms with Crippen molar-refractivity contribution in [2.75, 3.05) is 12.4 Å². The molecule has 0 spiro atoms. The molecule has 3 aromatic rings. The van der Waals surface area contributed by atoms with Gasteiger partial charge in [-0.3, -0.25) is 0 Å². The smallest absolute Gasteiger partial charge is 0.372 e. The maximum atomic E-state index is 13.0. The highest BCUT2D eigenvalue weighted by Crippen LogP contribution is 2.30. The van der Waals surface area contributed by atoms with E-state index in [0.717, 1.165) is 10.6 Å². The molecule has 24 heavy (non-hydrogen) atoms. The minimum atomic E-state index is -4.63. The topological polar surface area (TPSA) is 72.7 Å². The third kappa shape index (κ3) is 2.57. The normalized spacial score (nSPS) is 11.7. The Bertz CT molecular complexity index is 981. The highest BCUT2D eigenvalue weighted by molar-refractivity contribution is 5.87. The van der Waals surface area contributed by atoms with Crippen molar-refractivity contribution in [3.05, 3.63) is 52.2 Å². The highest BCUT2D eigenvalue weighted by Gasteiger charge is 2.33. The van der Waals surface area contributed by atoms with Crippen LogP contribution in [0.2, 0.25) is 0 Å². The zero-order valence-electron chi connectivity index (χ0n) is 12.7. The first-order valence-corrected chi connectivity index (χ1v) is 6.93. The van der Waals surface area contributed by atoms with Crippen LogP contribution in [0.15, 0.2) is 35.3 Å². The van der Waals surface area contributed by atoms with Crippen LogP contribution in [0.25, 0.3) is 16.9 Å². The molecule has 0 atom stereocenters. The van der Waals surface area contributed by atoms with E-state index in [4.69, 9.17) is 0 Å². The molecule has 124 valence electrons. The Hall–Kier alpha value is -2.97. The van der Waals surface area contributed by atoms with Crippen LogP contribution in [0.4, 0.5) is 19.0 Å². The molecular formula is C15H12F3N5O. The molecule has 0 aliphatic carbocycles. The van der Waals surface area contributed by atoms with Crippen molar-refractivity contribution < 1.29 is 13.2 Å². The summed E-state index contributed by atoms with van der Waals surface area (Å²) in [6, 6.07) is 5.44. The molecule has 0 bridgehead atoms. The molecule has 0 saturated heterocycles. The zero-order chi connectivity index (χ0) is 17.5. The lowest BCUT2D eigenvalue weighted by molar-refractivity contribution is -0.141. The van der Waals surface area contributed by atoms with E-state index >= 15 is 0 Å². The molecule has 3 rings (SSSR count). The first kappa shape index (κ1) is 15.9. The fourth-order valence-electron chi connectivity index (χ4n) is 2.35. The molecule has 1 N–H and O–H groups in total. The van der Waals surface area contributed by atoms with Crippen molar-refractivity contribution in [1.82, 2.24) is 19.5 Å². The molecule has 0 radical (unpaired) electrons. The minimum absolute atomic E-state index is 0.154. The number of nitrogens with one attached hydrogen (secondary N) is 1. The van der Waals surface area contributed by atoms with Crippen molar-refractivity contribution in [3.8, 4) is 5.82 Å². The third-order valence-corrected chi connectivity index (χ3v) is 3.46. The highest BCUT2D eigenvalue weighted by atomic mass is 19.4. The second-order valence-electron chi connectivity index (χ2n) is 5.04. The molecule has 0 fully saturated rings. The first-order valence-electron chi connectivity index (χ1n) is 6.93. The van der Waals surface area contributed by atoms with E-state index in [1.165, 1.54) is 19.3 Å². The van der Waals surface area contributed by atoms with Crippen LogP contribution < -0.4 is 11.0 Å². The van der Waals surface area contributed by atoms with Crippen LogP contribution in [0.1, 0.15) is 11.3 Å². The van der Waals surface area contributed by atoms with Gasteiger partial charge in [-0.1, -0.05) is 6.07 Å². The van der Waals surface area contributed by atoms with Gasteiger partial charge < -0.3 is 5.32 Å². The Labute approximate surface area is 134 Å². The third-order valence-electron chi connectivity index (χ3n) is 3.46. The Morgan fingerprint density at radius 2 is 1.92 bits per heavy atom. The lowest BCUT2D eigenvalue weighted by Crippen LogP contribution is -2.26. The number of halogens is 3. The van der Waals surface area contributed by atoms with E-state index in [9.17, 15) is 18.0 Å². The molecule has 9 heteroatoms. The van der Waals surface area contributed by atoms with E-state index in [0.29, 0.717) is 5.56 Å². The van der Waals surface area contributed by atoms with E-state index in [-0.39, 0.29) is 22.7 Å². The molecule has 0 unspecified atom stereocenters. The molecule has 3 aromatic heterocycles. The van der Waals surface area contributed by atoms with Crippen molar-refractivity contribution in [2.24, 2.45) is 0 Å². The van der Waals surface area contributed by atoms with E-state index < -0.39 is 17.6 Å².